The van der Waals surface area contributed by atoms with E-state index >= 15 is 0 Å². The molecule has 0 fully saturated rings. The van der Waals surface area contributed by atoms with Gasteiger partial charge >= 0.3 is 0 Å². The molecule has 1 aromatic heterocycles. The van der Waals surface area contributed by atoms with E-state index in [0.29, 0.717) is 5.56 Å². The number of hydrogen-bond donors (Lipinski definition) is 0. The van der Waals surface area contributed by atoms with Gasteiger partial charge in [-0.1, -0.05) is 29.8 Å². The van der Waals surface area contributed by atoms with E-state index in [1.54, 1.807) is 0 Å². The monoisotopic (exact) mass is 288 g/mol. The van der Waals surface area contributed by atoms with Gasteiger partial charge in [0.1, 0.15) is 6.07 Å². The van der Waals surface area contributed by atoms with Crippen LogP contribution in [0.15, 0.2) is 34.9 Å². The topological polar surface area (TPSA) is 28.7 Å². The highest BCUT2D eigenvalue weighted by atomic mass is 79.9. The molecule has 0 aliphatic rings. The van der Waals surface area contributed by atoms with Gasteiger partial charge in [0.05, 0.1) is 15.7 Å². The van der Waals surface area contributed by atoms with Gasteiger partial charge in [-0.2, -0.15) is 5.26 Å². The van der Waals surface area contributed by atoms with Gasteiger partial charge in [0.25, 0.3) is 0 Å². The maximum absolute atomic E-state index is 9.23. The van der Waals surface area contributed by atoms with Gasteiger partial charge in [0, 0.05) is 12.7 Å². The maximum Gasteiger partial charge on any atom is 0.103 e. The average Bonchev–Trinajstić information content (AvgIpc) is 2.66. The van der Waals surface area contributed by atoms with E-state index in [9.17, 15) is 5.26 Å². The molecule has 0 amide bonds. The van der Waals surface area contributed by atoms with Crippen molar-refractivity contribution in [1.29, 1.82) is 5.26 Å². The summed E-state index contributed by atoms with van der Waals surface area (Å²) < 4.78 is 2.95. The minimum Gasteiger partial charge on any atom is -0.345 e. The summed E-state index contributed by atoms with van der Waals surface area (Å²) in [6, 6.07) is 10.5. The van der Waals surface area contributed by atoms with Gasteiger partial charge < -0.3 is 4.57 Å². The summed E-state index contributed by atoms with van der Waals surface area (Å²) in [5, 5.41) is 9.23. The molecule has 0 aliphatic carbocycles. The van der Waals surface area contributed by atoms with Crippen LogP contribution in [-0.2, 0) is 6.54 Å². The van der Waals surface area contributed by atoms with Crippen molar-refractivity contribution in [2.75, 3.05) is 0 Å². The van der Waals surface area contributed by atoms with Crippen LogP contribution in [0.2, 0.25) is 0 Å². The van der Waals surface area contributed by atoms with E-state index in [1.165, 1.54) is 5.56 Å². The van der Waals surface area contributed by atoms with Gasteiger partial charge in [-0.15, -0.1) is 0 Å². The predicted molar refractivity (Wildman–Crippen MR) is 72.7 cm³/mol. The normalized spacial score (nSPS) is 10.2. The van der Waals surface area contributed by atoms with Gasteiger partial charge in [-0.3, -0.25) is 0 Å². The lowest BCUT2D eigenvalue weighted by Crippen LogP contribution is -1.96. The zero-order valence-electron chi connectivity index (χ0n) is 9.87. The van der Waals surface area contributed by atoms with Crippen LogP contribution >= 0.6 is 15.9 Å². The third-order valence-electron chi connectivity index (χ3n) is 2.81. The van der Waals surface area contributed by atoms with Crippen molar-refractivity contribution in [2.45, 2.75) is 20.4 Å². The number of nitrogens with zero attached hydrogens (tertiary/aromatic N) is 2. The van der Waals surface area contributed by atoms with Crippen LogP contribution in [0.3, 0.4) is 0 Å². The van der Waals surface area contributed by atoms with Crippen molar-refractivity contribution >= 4 is 15.9 Å². The van der Waals surface area contributed by atoms with E-state index in [0.717, 1.165) is 22.3 Å². The Morgan fingerprint density at radius 3 is 2.47 bits per heavy atom. The molecular formula is C14H13BrN2. The molecule has 1 aromatic carbocycles. The Balaban J connectivity index is 2.65. The van der Waals surface area contributed by atoms with Gasteiger partial charge in [0.2, 0.25) is 0 Å². The summed E-state index contributed by atoms with van der Waals surface area (Å²) in [5.74, 6) is 0. The minimum absolute atomic E-state index is 0.704. The van der Waals surface area contributed by atoms with Gasteiger partial charge in [0.15, 0.2) is 0 Å². The van der Waals surface area contributed by atoms with Gasteiger partial charge in [-0.05, 0) is 35.3 Å². The molecule has 2 nitrogen and oxygen atoms in total. The second-order valence-corrected chi connectivity index (χ2v) is 4.82. The number of nitriles is 1. The summed E-state index contributed by atoms with van der Waals surface area (Å²) in [6.07, 6.45) is 1.97. The summed E-state index contributed by atoms with van der Waals surface area (Å²) in [4.78, 5) is 0. The Labute approximate surface area is 110 Å². The summed E-state index contributed by atoms with van der Waals surface area (Å²) in [5.41, 5.74) is 4.00. The molecule has 17 heavy (non-hydrogen) atoms. The largest absolute Gasteiger partial charge is 0.345 e. The van der Waals surface area contributed by atoms with Crippen molar-refractivity contribution in [1.82, 2.24) is 4.57 Å². The third kappa shape index (κ3) is 2.13. The molecule has 0 radical (unpaired) electrons. The summed E-state index contributed by atoms with van der Waals surface area (Å²) in [7, 11) is 0. The number of aromatic nitrogens is 1. The molecule has 0 N–H and O–H groups in total. The van der Waals surface area contributed by atoms with Crippen molar-refractivity contribution in [2.24, 2.45) is 0 Å². The van der Waals surface area contributed by atoms with Crippen LogP contribution in [0, 0.1) is 18.3 Å². The lowest BCUT2D eigenvalue weighted by molar-refractivity contribution is 0.775. The lowest BCUT2D eigenvalue weighted by atomic mass is 10.1. The number of hydrogen-bond acceptors (Lipinski definition) is 1. The minimum atomic E-state index is 0.704. The quantitative estimate of drug-likeness (QED) is 0.817. The molecule has 2 aromatic rings. The molecule has 0 saturated carbocycles. The molecule has 0 saturated heterocycles. The fourth-order valence-corrected chi connectivity index (χ4v) is 2.42. The first kappa shape index (κ1) is 11.9. The SMILES string of the molecule is CCn1cc(Br)c(C#N)c1-c1ccc(C)cc1. The highest BCUT2D eigenvalue weighted by Gasteiger charge is 2.14. The lowest BCUT2D eigenvalue weighted by Gasteiger charge is -2.07. The van der Waals surface area contributed by atoms with E-state index in [4.69, 9.17) is 0 Å². The Kier molecular flexibility index (Phi) is 3.35. The van der Waals surface area contributed by atoms with Crippen molar-refractivity contribution < 1.29 is 0 Å². The van der Waals surface area contributed by atoms with E-state index in [2.05, 4.69) is 64.7 Å². The number of aryl methyl sites for hydroxylation is 2. The van der Waals surface area contributed by atoms with Crippen molar-refractivity contribution in [3.8, 4) is 17.3 Å². The zero-order chi connectivity index (χ0) is 12.4. The summed E-state index contributed by atoms with van der Waals surface area (Å²) >= 11 is 3.44. The fourth-order valence-electron chi connectivity index (χ4n) is 1.90. The molecule has 0 aliphatic heterocycles. The smallest absolute Gasteiger partial charge is 0.103 e. The zero-order valence-corrected chi connectivity index (χ0v) is 11.5. The Hall–Kier alpha value is -1.53. The highest BCUT2D eigenvalue weighted by Crippen LogP contribution is 2.31. The molecule has 0 unspecified atom stereocenters. The van der Waals surface area contributed by atoms with Crippen LogP contribution < -0.4 is 0 Å². The second kappa shape index (κ2) is 4.77. The predicted octanol–water partition coefficient (Wildman–Crippen LogP) is 4.12. The third-order valence-corrected chi connectivity index (χ3v) is 3.41. The number of halogens is 1. The first-order valence-corrected chi connectivity index (χ1v) is 6.32. The van der Waals surface area contributed by atoms with Crippen LogP contribution in [0.4, 0.5) is 0 Å². The molecule has 2 rings (SSSR count). The Morgan fingerprint density at radius 2 is 1.94 bits per heavy atom. The molecule has 0 atom stereocenters. The first-order valence-electron chi connectivity index (χ1n) is 5.53. The highest BCUT2D eigenvalue weighted by molar-refractivity contribution is 9.10. The molecule has 1 heterocycles. The molecule has 3 heteroatoms. The van der Waals surface area contributed by atoms with Crippen molar-refractivity contribution in [3.63, 3.8) is 0 Å². The van der Waals surface area contributed by atoms with E-state index < -0.39 is 0 Å². The van der Waals surface area contributed by atoms with Crippen LogP contribution in [-0.4, -0.2) is 4.57 Å². The number of benzene rings is 1. The number of rotatable bonds is 2. The Bertz CT molecular complexity index is 574. The average molecular weight is 289 g/mol. The van der Waals surface area contributed by atoms with Crippen molar-refractivity contribution in [3.05, 3.63) is 46.1 Å². The summed E-state index contributed by atoms with van der Waals surface area (Å²) in [6.45, 7) is 4.98. The standard InChI is InChI=1S/C14H13BrN2/c1-3-17-9-13(15)12(8-16)14(17)11-6-4-10(2)5-7-11/h4-7,9H,3H2,1-2H3. The molecule has 0 spiro atoms. The fraction of sp³-hybridized carbons (Fsp3) is 0.214. The van der Waals surface area contributed by atoms with Crippen LogP contribution in [0.1, 0.15) is 18.1 Å². The van der Waals surface area contributed by atoms with E-state index in [1.807, 2.05) is 6.20 Å². The van der Waals surface area contributed by atoms with Crippen LogP contribution in [0.5, 0.6) is 0 Å². The molecular weight excluding hydrogens is 276 g/mol. The van der Waals surface area contributed by atoms with E-state index in [-0.39, 0.29) is 0 Å². The second-order valence-electron chi connectivity index (χ2n) is 3.96. The Morgan fingerprint density at radius 1 is 1.29 bits per heavy atom. The maximum atomic E-state index is 9.23. The van der Waals surface area contributed by atoms with Gasteiger partial charge in [-0.25, -0.2) is 0 Å². The van der Waals surface area contributed by atoms with Crippen LogP contribution in [0.25, 0.3) is 11.3 Å². The molecule has 86 valence electrons. The first-order chi connectivity index (χ1) is 8.17. The molecule has 0 bridgehead atoms.